The summed E-state index contributed by atoms with van der Waals surface area (Å²) in [5.74, 6) is 0.685. The van der Waals surface area contributed by atoms with E-state index in [0.29, 0.717) is 5.76 Å². The highest BCUT2D eigenvalue weighted by molar-refractivity contribution is 5.92. The molecule has 154 valence electrons. The van der Waals surface area contributed by atoms with Crippen molar-refractivity contribution in [3.8, 4) is 0 Å². The maximum Gasteiger partial charge on any atom is 0.227 e. The minimum absolute atomic E-state index is 0.0373. The van der Waals surface area contributed by atoms with Gasteiger partial charge in [0.2, 0.25) is 5.91 Å². The molecule has 2 fully saturated rings. The highest BCUT2D eigenvalue weighted by atomic mass is 16.3. The lowest BCUT2D eigenvalue weighted by Crippen LogP contribution is -2.31. The van der Waals surface area contributed by atoms with Crippen LogP contribution in [-0.4, -0.2) is 11.0 Å². The van der Waals surface area contributed by atoms with Crippen molar-refractivity contribution in [2.24, 2.45) is 5.92 Å². The predicted molar refractivity (Wildman–Crippen MR) is 119 cm³/mol. The number of anilines is 1. The molecule has 1 amide bonds. The molecule has 3 heteroatoms. The summed E-state index contributed by atoms with van der Waals surface area (Å²) in [6, 6.07) is 8.57. The van der Waals surface area contributed by atoms with Gasteiger partial charge in [-0.15, -0.1) is 0 Å². The lowest BCUT2D eigenvalue weighted by molar-refractivity contribution is -0.120. The summed E-state index contributed by atoms with van der Waals surface area (Å²) < 4.78 is 0. The van der Waals surface area contributed by atoms with Gasteiger partial charge < -0.3 is 10.4 Å². The number of aliphatic hydroxyl groups excluding tert-OH is 1. The first-order valence-electron chi connectivity index (χ1n) is 11.4. The Labute approximate surface area is 174 Å². The third-order valence-corrected chi connectivity index (χ3v) is 7.08. The van der Waals surface area contributed by atoms with Crippen LogP contribution in [-0.2, 0) is 10.2 Å². The topological polar surface area (TPSA) is 49.3 Å². The summed E-state index contributed by atoms with van der Waals surface area (Å²) in [6.45, 7) is 0. The molecule has 29 heavy (non-hydrogen) atoms. The van der Waals surface area contributed by atoms with Crippen LogP contribution in [0, 0.1) is 5.92 Å². The zero-order valence-corrected chi connectivity index (χ0v) is 17.3. The Morgan fingerprint density at radius 2 is 1.62 bits per heavy atom. The van der Waals surface area contributed by atoms with Crippen molar-refractivity contribution in [3.05, 3.63) is 65.5 Å². The summed E-state index contributed by atoms with van der Waals surface area (Å²) in [7, 11) is 0. The zero-order chi connectivity index (χ0) is 20.1. The number of hydrogen-bond acceptors (Lipinski definition) is 2. The van der Waals surface area contributed by atoms with Crippen LogP contribution in [0.5, 0.6) is 0 Å². The maximum absolute atomic E-state index is 12.6. The largest absolute Gasteiger partial charge is 0.508 e. The van der Waals surface area contributed by atoms with Crippen molar-refractivity contribution in [2.45, 2.75) is 76.0 Å². The number of hydrogen-bond donors (Lipinski definition) is 2. The second kappa shape index (κ2) is 9.02. The summed E-state index contributed by atoms with van der Waals surface area (Å²) >= 11 is 0. The highest BCUT2D eigenvalue weighted by Crippen LogP contribution is 2.47. The zero-order valence-electron chi connectivity index (χ0n) is 17.3. The Morgan fingerprint density at radius 1 is 0.931 bits per heavy atom. The molecule has 4 rings (SSSR count). The molecule has 0 saturated heterocycles. The molecule has 0 heterocycles. The van der Waals surface area contributed by atoms with E-state index in [-0.39, 0.29) is 17.2 Å². The highest BCUT2D eigenvalue weighted by Gasteiger charge is 2.37. The second-order valence-corrected chi connectivity index (χ2v) is 8.93. The van der Waals surface area contributed by atoms with Gasteiger partial charge in [-0.1, -0.05) is 68.4 Å². The van der Waals surface area contributed by atoms with Gasteiger partial charge in [0.1, 0.15) is 5.76 Å². The quantitative estimate of drug-likeness (QED) is 0.597. The van der Waals surface area contributed by atoms with Crippen LogP contribution in [0.2, 0.25) is 0 Å². The van der Waals surface area contributed by atoms with Crippen LogP contribution < -0.4 is 5.32 Å². The molecule has 0 bridgehead atoms. The fourth-order valence-corrected chi connectivity index (χ4v) is 5.40. The minimum Gasteiger partial charge on any atom is -0.508 e. The third kappa shape index (κ3) is 4.49. The van der Waals surface area contributed by atoms with Crippen LogP contribution in [0.4, 0.5) is 5.69 Å². The summed E-state index contributed by atoms with van der Waals surface area (Å²) in [6.07, 6.45) is 20.4. The van der Waals surface area contributed by atoms with Crippen molar-refractivity contribution >= 4 is 11.6 Å². The number of carbonyl (C=O) groups excluding carboxylic acids is 1. The van der Waals surface area contributed by atoms with Crippen LogP contribution >= 0.6 is 0 Å². The summed E-state index contributed by atoms with van der Waals surface area (Å²) in [5.41, 5.74) is 3.66. The molecule has 0 unspecified atom stereocenters. The molecule has 0 atom stereocenters. The molecule has 0 spiro atoms. The van der Waals surface area contributed by atoms with Crippen molar-refractivity contribution in [1.29, 1.82) is 0 Å². The molecule has 2 N–H and O–H groups in total. The monoisotopic (exact) mass is 391 g/mol. The number of benzene rings is 1. The van der Waals surface area contributed by atoms with Gasteiger partial charge in [0.05, 0.1) is 0 Å². The Kier molecular flexibility index (Phi) is 6.22. The SMILES string of the molecule is O=C(Nc1ccc(C2(C3=CC=C(O)C=CC3)CCCCC2)cc1)C1CCCCC1. The van der Waals surface area contributed by atoms with E-state index in [4.69, 9.17) is 0 Å². The van der Waals surface area contributed by atoms with E-state index in [9.17, 15) is 9.90 Å². The molecular weight excluding hydrogens is 358 g/mol. The second-order valence-electron chi connectivity index (χ2n) is 8.93. The van der Waals surface area contributed by atoms with Crippen molar-refractivity contribution < 1.29 is 9.90 Å². The van der Waals surface area contributed by atoms with E-state index in [2.05, 4.69) is 41.7 Å². The fourth-order valence-electron chi connectivity index (χ4n) is 5.40. The summed E-state index contributed by atoms with van der Waals surface area (Å²) in [5, 5.41) is 13.0. The Bertz CT molecular complexity index is 804. The van der Waals surface area contributed by atoms with Gasteiger partial charge in [-0.3, -0.25) is 4.79 Å². The molecular formula is C26H33NO2. The van der Waals surface area contributed by atoms with E-state index in [0.717, 1.165) is 37.8 Å². The normalized spacial score (nSPS) is 22.3. The smallest absolute Gasteiger partial charge is 0.227 e. The first-order valence-corrected chi connectivity index (χ1v) is 11.4. The standard InChI is InChI=1S/C26H33NO2/c28-24-11-7-10-21(14-17-24)26(18-5-2-6-19-26)22-12-15-23(16-13-22)27-25(29)20-8-3-1-4-9-20/h7,11-17,20,28H,1-6,8-10,18-19H2,(H,27,29). The molecule has 1 aromatic rings. The lowest BCUT2D eigenvalue weighted by atomic mass is 9.64. The lowest BCUT2D eigenvalue weighted by Gasteiger charge is -2.40. The summed E-state index contributed by atoms with van der Waals surface area (Å²) in [4.78, 5) is 12.6. The van der Waals surface area contributed by atoms with Gasteiger partial charge in [-0.25, -0.2) is 0 Å². The molecule has 1 aromatic carbocycles. The molecule has 0 aliphatic heterocycles. The average Bonchev–Trinajstić information content (AvgIpc) is 3.00. The fraction of sp³-hybridized carbons (Fsp3) is 0.500. The van der Waals surface area contributed by atoms with E-state index in [1.165, 1.54) is 49.7 Å². The number of aliphatic hydroxyl groups is 1. The molecule has 3 aliphatic carbocycles. The van der Waals surface area contributed by atoms with Crippen molar-refractivity contribution in [2.75, 3.05) is 5.32 Å². The van der Waals surface area contributed by atoms with Gasteiger partial charge in [-0.2, -0.15) is 0 Å². The number of amides is 1. The van der Waals surface area contributed by atoms with Gasteiger partial charge >= 0.3 is 0 Å². The van der Waals surface area contributed by atoms with Gasteiger partial charge in [0.25, 0.3) is 0 Å². The Morgan fingerprint density at radius 3 is 2.34 bits per heavy atom. The molecule has 0 radical (unpaired) electrons. The number of rotatable bonds is 4. The van der Waals surface area contributed by atoms with Gasteiger partial charge in [0.15, 0.2) is 0 Å². The van der Waals surface area contributed by atoms with Crippen LogP contribution in [0.3, 0.4) is 0 Å². The Balaban J connectivity index is 1.54. The maximum atomic E-state index is 12.6. The molecule has 2 saturated carbocycles. The van der Waals surface area contributed by atoms with E-state index < -0.39 is 0 Å². The van der Waals surface area contributed by atoms with Gasteiger partial charge in [-0.05, 0) is 62.0 Å². The van der Waals surface area contributed by atoms with Crippen molar-refractivity contribution in [3.63, 3.8) is 0 Å². The molecule has 0 aromatic heterocycles. The van der Waals surface area contributed by atoms with Crippen LogP contribution in [0.1, 0.15) is 76.2 Å². The van der Waals surface area contributed by atoms with E-state index in [1.807, 2.05) is 6.08 Å². The molecule has 3 aliphatic rings. The van der Waals surface area contributed by atoms with E-state index in [1.54, 1.807) is 6.08 Å². The third-order valence-electron chi connectivity index (χ3n) is 7.08. The first kappa shape index (κ1) is 20.0. The predicted octanol–water partition coefficient (Wildman–Crippen LogP) is 6.74. The number of carbonyl (C=O) groups is 1. The number of allylic oxidation sites excluding steroid dienone is 5. The minimum atomic E-state index is 0.0373. The number of nitrogens with one attached hydrogen (secondary N) is 1. The van der Waals surface area contributed by atoms with Crippen molar-refractivity contribution in [1.82, 2.24) is 0 Å². The van der Waals surface area contributed by atoms with E-state index >= 15 is 0 Å². The van der Waals surface area contributed by atoms with Gasteiger partial charge in [0, 0.05) is 17.0 Å². The first-order chi connectivity index (χ1) is 14.2. The van der Waals surface area contributed by atoms with Crippen LogP contribution in [0.25, 0.3) is 0 Å². The van der Waals surface area contributed by atoms with Crippen LogP contribution in [0.15, 0.2) is 59.9 Å². The Hall–Kier alpha value is -2.29. The average molecular weight is 392 g/mol. The molecule has 3 nitrogen and oxygen atoms in total.